The second-order valence-electron chi connectivity index (χ2n) is 2.19. The van der Waals surface area contributed by atoms with E-state index in [1.165, 1.54) is 6.92 Å². The average Bonchev–Trinajstić information content (AvgIpc) is 2.03. The van der Waals surface area contributed by atoms with E-state index in [1.807, 2.05) is 30.3 Å². The Morgan fingerprint density at radius 3 is 2.55 bits per heavy atom. The van der Waals surface area contributed by atoms with Crippen LogP contribution in [0.15, 0.2) is 35.3 Å². The van der Waals surface area contributed by atoms with Crippen LogP contribution in [0.3, 0.4) is 0 Å². The van der Waals surface area contributed by atoms with E-state index in [2.05, 4.69) is 4.99 Å². The monoisotopic (exact) mass is 147 g/mol. The summed E-state index contributed by atoms with van der Waals surface area (Å²) in [4.78, 5) is 14.1. The van der Waals surface area contributed by atoms with Gasteiger partial charge in [0.25, 0.3) is 0 Å². The van der Waals surface area contributed by atoms with Crippen LogP contribution < -0.4 is 0 Å². The molecule has 0 bridgehead atoms. The molecule has 0 radical (unpaired) electrons. The van der Waals surface area contributed by atoms with Gasteiger partial charge in [-0.25, -0.2) is 4.99 Å². The summed E-state index contributed by atoms with van der Waals surface area (Å²) in [7, 11) is 0. The van der Waals surface area contributed by atoms with Gasteiger partial charge in [-0.3, -0.25) is 4.79 Å². The zero-order valence-corrected chi connectivity index (χ0v) is 6.32. The number of hydrogen-bond donors (Lipinski definition) is 0. The Morgan fingerprint density at radius 2 is 2.00 bits per heavy atom. The number of carbonyl (C=O) groups is 1. The average molecular weight is 147 g/mol. The maximum Gasteiger partial charge on any atom is 0.242 e. The SMILES string of the molecule is CC(=O)/N=C/c1ccccc1. The molecule has 0 atom stereocenters. The molecule has 0 aliphatic heterocycles. The van der Waals surface area contributed by atoms with Crippen LogP contribution in [0.5, 0.6) is 0 Å². The van der Waals surface area contributed by atoms with Gasteiger partial charge in [0, 0.05) is 13.1 Å². The first-order valence-electron chi connectivity index (χ1n) is 3.39. The third kappa shape index (κ3) is 2.76. The smallest absolute Gasteiger partial charge is 0.242 e. The van der Waals surface area contributed by atoms with Crippen LogP contribution in [-0.2, 0) is 4.79 Å². The van der Waals surface area contributed by atoms with E-state index in [4.69, 9.17) is 0 Å². The van der Waals surface area contributed by atoms with Crippen molar-refractivity contribution in [2.45, 2.75) is 6.92 Å². The summed E-state index contributed by atoms with van der Waals surface area (Å²) in [6, 6.07) is 9.52. The first kappa shape index (κ1) is 7.66. The van der Waals surface area contributed by atoms with Crippen LogP contribution in [0.1, 0.15) is 12.5 Å². The lowest BCUT2D eigenvalue weighted by Gasteiger charge is -1.87. The minimum Gasteiger partial charge on any atom is -0.273 e. The van der Waals surface area contributed by atoms with E-state index in [0.29, 0.717) is 0 Å². The van der Waals surface area contributed by atoms with Crippen LogP contribution in [0.4, 0.5) is 0 Å². The molecule has 0 unspecified atom stereocenters. The fourth-order valence-corrected chi connectivity index (χ4v) is 0.705. The zero-order valence-electron chi connectivity index (χ0n) is 6.32. The Morgan fingerprint density at radius 1 is 1.36 bits per heavy atom. The number of hydrogen-bond acceptors (Lipinski definition) is 1. The molecule has 56 valence electrons. The minimum atomic E-state index is -0.172. The number of rotatable bonds is 1. The number of benzene rings is 1. The van der Waals surface area contributed by atoms with Gasteiger partial charge < -0.3 is 0 Å². The van der Waals surface area contributed by atoms with Gasteiger partial charge in [0.15, 0.2) is 0 Å². The minimum absolute atomic E-state index is 0.172. The highest BCUT2D eigenvalue weighted by Gasteiger charge is 1.84. The molecule has 1 aromatic rings. The highest BCUT2D eigenvalue weighted by Crippen LogP contribution is 1.93. The second-order valence-corrected chi connectivity index (χ2v) is 2.19. The maximum absolute atomic E-state index is 10.4. The molecule has 1 rings (SSSR count). The van der Waals surface area contributed by atoms with Crippen molar-refractivity contribution in [2.75, 3.05) is 0 Å². The van der Waals surface area contributed by atoms with Gasteiger partial charge in [-0.1, -0.05) is 30.3 Å². The van der Waals surface area contributed by atoms with Crippen LogP contribution in [0, 0.1) is 0 Å². The predicted octanol–water partition coefficient (Wildman–Crippen LogP) is 1.65. The van der Waals surface area contributed by atoms with E-state index in [-0.39, 0.29) is 5.91 Å². The molecule has 0 saturated heterocycles. The lowest BCUT2D eigenvalue weighted by Crippen LogP contribution is -1.85. The van der Waals surface area contributed by atoms with Crippen molar-refractivity contribution in [1.29, 1.82) is 0 Å². The zero-order chi connectivity index (χ0) is 8.10. The molecular weight excluding hydrogens is 138 g/mol. The summed E-state index contributed by atoms with van der Waals surface area (Å²) in [5.74, 6) is -0.172. The summed E-state index contributed by atoms with van der Waals surface area (Å²) in [5, 5.41) is 0. The number of aliphatic imine (C=N–C) groups is 1. The molecule has 0 saturated carbocycles. The van der Waals surface area contributed by atoms with Gasteiger partial charge in [0.1, 0.15) is 0 Å². The lowest BCUT2D eigenvalue weighted by atomic mass is 10.2. The van der Waals surface area contributed by atoms with Crippen molar-refractivity contribution in [1.82, 2.24) is 0 Å². The number of amides is 1. The highest BCUT2D eigenvalue weighted by atomic mass is 16.1. The standard InChI is InChI=1S/C9H9NO/c1-8(11)10-7-9-5-3-2-4-6-9/h2-7H,1H3/b10-7+. The molecule has 0 aliphatic carbocycles. The Labute approximate surface area is 65.6 Å². The fourth-order valence-electron chi connectivity index (χ4n) is 0.705. The van der Waals surface area contributed by atoms with Crippen molar-refractivity contribution >= 4 is 12.1 Å². The number of carbonyl (C=O) groups excluding carboxylic acids is 1. The van der Waals surface area contributed by atoms with Gasteiger partial charge in [-0.05, 0) is 5.56 Å². The van der Waals surface area contributed by atoms with Crippen LogP contribution in [-0.4, -0.2) is 12.1 Å². The molecule has 1 amide bonds. The first-order chi connectivity index (χ1) is 5.29. The van der Waals surface area contributed by atoms with E-state index in [0.717, 1.165) is 5.56 Å². The Bertz CT molecular complexity index is 264. The largest absolute Gasteiger partial charge is 0.273 e. The molecule has 0 fully saturated rings. The normalized spacial score (nSPS) is 10.3. The molecular formula is C9H9NO. The third-order valence-corrected chi connectivity index (χ3v) is 1.19. The van der Waals surface area contributed by atoms with Gasteiger partial charge in [-0.2, -0.15) is 0 Å². The van der Waals surface area contributed by atoms with Crippen molar-refractivity contribution < 1.29 is 4.79 Å². The molecule has 0 spiro atoms. The quantitative estimate of drug-likeness (QED) is 0.555. The topological polar surface area (TPSA) is 29.4 Å². The van der Waals surface area contributed by atoms with Crippen LogP contribution >= 0.6 is 0 Å². The van der Waals surface area contributed by atoms with Crippen molar-refractivity contribution in [3.63, 3.8) is 0 Å². The van der Waals surface area contributed by atoms with Gasteiger partial charge in [0.2, 0.25) is 5.91 Å². The molecule has 0 aliphatic rings. The summed E-state index contributed by atoms with van der Waals surface area (Å²) in [6.07, 6.45) is 1.56. The van der Waals surface area contributed by atoms with Gasteiger partial charge in [0.05, 0.1) is 0 Å². The molecule has 11 heavy (non-hydrogen) atoms. The summed E-state index contributed by atoms with van der Waals surface area (Å²) in [6.45, 7) is 1.43. The molecule has 0 heterocycles. The predicted molar refractivity (Wildman–Crippen MR) is 44.7 cm³/mol. The summed E-state index contributed by atoms with van der Waals surface area (Å²) in [5.41, 5.74) is 0.947. The fraction of sp³-hybridized carbons (Fsp3) is 0.111. The van der Waals surface area contributed by atoms with Crippen molar-refractivity contribution in [2.24, 2.45) is 4.99 Å². The lowest BCUT2D eigenvalue weighted by molar-refractivity contribution is -0.115. The number of nitrogens with zero attached hydrogens (tertiary/aromatic N) is 1. The Hall–Kier alpha value is -1.44. The van der Waals surface area contributed by atoms with E-state index < -0.39 is 0 Å². The van der Waals surface area contributed by atoms with Gasteiger partial charge >= 0.3 is 0 Å². The van der Waals surface area contributed by atoms with Crippen LogP contribution in [0.2, 0.25) is 0 Å². The highest BCUT2D eigenvalue weighted by molar-refractivity contribution is 5.90. The molecule has 2 heteroatoms. The first-order valence-corrected chi connectivity index (χ1v) is 3.39. The molecule has 0 N–H and O–H groups in total. The Balaban J connectivity index is 2.72. The van der Waals surface area contributed by atoms with Crippen LogP contribution in [0.25, 0.3) is 0 Å². The molecule has 1 aromatic carbocycles. The third-order valence-electron chi connectivity index (χ3n) is 1.19. The van der Waals surface area contributed by atoms with E-state index >= 15 is 0 Å². The Kier molecular flexibility index (Phi) is 2.55. The maximum atomic E-state index is 10.4. The van der Waals surface area contributed by atoms with E-state index in [9.17, 15) is 4.79 Å². The second kappa shape index (κ2) is 3.66. The molecule has 2 nitrogen and oxygen atoms in total. The summed E-state index contributed by atoms with van der Waals surface area (Å²) < 4.78 is 0. The van der Waals surface area contributed by atoms with Gasteiger partial charge in [-0.15, -0.1) is 0 Å². The van der Waals surface area contributed by atoms with Crippen molar-refractivity contribution in [3.05, 3.63) is 35.9 Å². The summed E-state index contributed by atoms with van der Waals surface area (Å²) >= 11 is 0. The molecule has 0 aromatic heterocycles. The van der Waals surface area contributed by atoms with E-state index in [1.54, 1.807) is 6.21 Å². The van der Waals surface area contributed by atoms with Crippen molar-refractivity contribution in [3.8, 4) is 0 Å².